The van der Waals surface area contributed by atoms with Crippen molar-refractivity contribution in [1.29, 1.82) is 0 Å². The van der Waals surface area contributed by atoms with Gasteiger partial charge in [-0.05, 0) is 64.5 Å². The molecule has 0 saturated heterocycles. The van der Waals surface area contributed by atoms with Gasteiger partial charge in [-0.25, -0.2) is 8.42 Å². The van der Waals surface area contributed by atoms with Gasteiger partial charge in [0.05, 0.1) is 16.9 Å². The Morgan fingerprint density at radius 1 is 1.19 bits per heavy atom. The van der Waals surface area contributed by atoms with Crippen LogP contribution in [0.4, 0.5) is 0 Å². The first-order chi connectivity index (χ1) is 14.5. The summed E-state index contributed by atoms with van der Waals surface area (Å²) in [7, 11) is -3.99. The molecule has 0 aromatic heterocycles. The molecule has 1 aromatic carbocycles. The van der Waals surface area contributed by atoms with Crippen LogP contribution < -0.4 is 10.6 Å². The maximum Gasteiger partial charge on any atom is 0.264 e. The predicted octanol–water partition coefficient (Wildman–Crippen LogP) is 1.79. The standard InChI is InChI=1S/C22H31N3O5S/c1-15-4-10-18(11-5-15)31(29,30)25-13-12-23-21(27)19(25)14-20(26)24-17-8-6-16(7-9-17)22(2,3)28/h4-5,10-13,16-17,19,28H,6-9,14H2,1-3H3,(H,23,27)(H,24,26)/t16?,17?,19-/m1/s1. The number of hydrogen-bond donors (Lipinski definition) is 3. The normalized spacial score (nSPS) is 24.6. The van der Waals surface area contributed by atoms with E-state index < -0.39 is 27.6 Å². The minimum atomic E-state index is -3.99. The summed E-state index contributed by atoms with van der Waals surface area (Å²) in [4.78, 5) is 25.2. The second kappa shape index (κ2) is 9.00. The summed E-state index contributed by atoms with van der Waals surface area (Å²) in [6, 6.07) is 5.14. The van der Waals surface area contributed by atoms with Crippen LogP contribution in [0.3, 0.4) is 0 Å². The lowest BCUT2D eigenvalue weighted by Gasteiger charge is -2.36. The molecule has 1 fully saturated rings. The lowest BCUT2D eigenvalue weighted by molar-refractivity contribution is -0.130. The Kier molecular flexibility index (Phi) is 6.76. The number of rotatable bonds is 6. The predicted molar refractivity (Wildman–Crippen MR) is 116 cm³/mol. The summed E-state index contributed by atoms with van der Waals surface area (Å²) in [6.45, 7) is 5.45. The van der Waals surface area contributed by atoms with Gasteiger partial charge in [0, 0.05) is 18.4 Å². The summed E-state index contributed by atoms with van der Waals surface area (Å²) < 4.78 is 27.2. The first-order valence-corrected chi connectivity index (χ1v) is 12.0. The van der Waals surface area contributed by atoms with Crippen molar-refractivity contribution in [3.63, 3.8) is 0 Å². The molecular weight excluding hydrogens is 418 g/mol. The molecule has 1 aliphatic carbocycles. The lowest BCUT2D eigenvalue weighted by atomic mass is 9.77. The van der Waals surface area contributed by atoms with Gasteiger partial charge >= 0.3 is 0 Å². The largest absolute Gasteiger partial charge is 0.390 e. The van der Waals surface area contributed by atoms with E-state index in [0.29, 0.717) is 0 Å². The first kappa shape index (κ1) is 23.3. The van der Waals surface area contributed by atoms with Crippen LogP contribution in [0.25, 0.3) is 0 Å². The Bertz CT molecular complexity index is 942. The van der Waals surface area contributed by atoms with Gasteiger partial charge < -0.3 is 15.7 Å². The van der Waals surface area contributed by atoms with Crippen molar-refractivity contribution in [3.8, 4) is 0 Å². The third-order valence-electron chi connectivity index (χ3n) is 6.12. The highest BCUT2D eigenvalue weighted by atomic mass is 32.2. The molecule has 31 heavy (non-hydrogen) atoms. The molecule has 0 spiro atoms. The lowest BCUT2D eigenvalue weighted by Crippen LogP contribution is -2.52. The third kappa shape index (κ3) is 5.46. The fourth-order valence-corrected chi connectivity index (χ4v) is 5.63. The highest BCUT2D eigenvalue weighted by molar-refractivity contribution is 7.89. The number of carbonyl (C=O) groups is 2. The molecule has 1 atom stereocenters. The van der Waals surface area contributed by atoms with Crippen LogP contribution in [0.1, 0.15) is 51.5 Å². The number of nitrogens with one attached hydrogen (secondary N) is 2. The number of sulfonamides is 1. The molecule has 8 nitrogen and oxygen atoms in total. The third-order valence-corrected chi connectivity index (χ3v) is 7.92. The molecule has 170 valence electrons. The summed E-state index contributed by atoms with van der Waals surface area (Å²) in [6.07, 6.45) is 5.35. The van der Waals surface area contributed by atoms with Crippen LogP contribution in [0.5, 0.6) is 0 Å². The zero-order valence-electron chi connectivity index (χ0n) is 18.2. The number of carbonyl (C=O) groups excluding carboxylic acids is 2. The number of aryl methyl sites for hydroxylation is 1. The van der Waals surface area contributed by atoms with Crippen molar-refractivity contribution in [3.05, 3.63) is 42.2 Å². The fraction of sp³-hybridized carbons (Fsp3) is 0.545. The van der Waals surface area contributed by atoms with E-state index in [9.17, 15) is 23.1 Å². The Morgan fingerprint density at radius 3 is 2.39 bits per heavy atom. The van der Waals surface area contributed by atoms with Gasteiger partial charge in [0.25, 0.3) is 10.0 Å². The number of aliphatic hydroxyl groups is 1. The molecule has 3 N–H and O–H groups in total. The zero-order valence-corrected chi connectivity index (χ0v) is 19.0. The molecule has 0 unspecified atom stereocenters. The maximum absolute atomic E-state index is 13.1. The van der Waals surface area contributed by atoms with Gasteiger partial charge in [0.2, 0.25) is 11.8 Å². The summed E-state index contributed by atoms with van der Waals surface area (Å²) in [5.74, 6) is -0.726. The van der Waals surface area contributed by atoms with E-state index in [1.165, 1.54) is 24.5 Å². The van der Waals surface area contributed by atoms with Crippen LogP contribution in [0, 0.1) is 12.8 Å². The molecule has 1 heterocycles. The van der Waals surface area contributed by atoms with Gasteiger partial charge in [-0.1, -0.05) is 17.7 Å². The van der Waals surface area contributed by atoms with Crippen molar-refractivity contribution in [2.45, 2.75) is 75.5 Å². The molecule has 9 heteroatoms. The van der Waals surface area contributed by atoms with Crippen LogP contribution in [0.2, 0.25) is 0 Å². The van der Waals surface area contributed by atoms with Crippen LogP contribution >= 0.6 is 0 Å². The number of hydrogen-bond acceptors (Lipinski definition) is 5. The second-order valence-electron chi connectivity index (χ2n) is 8.96. The van der Waals surface area contributed by atoms with E-state index in [0.717, 1.165) is 35.6 Å². The highest BCUT2D eigenvalue weighted by Crippen LogP contribution is 2.32. The Morgan fingerprint density at radius 2 is 1.81 bits per heavy atom. The van der Waals surface area contributed by atoms with E-state index >= 15 is 0 Å². The number of amides is 2. The second-order valence-corrected chi connectivity index (χ2v) is 10.8. The van der Waals surface area contributed by atoms with Crippen LogP contribution in [0.15, 0.2) is 41.6 Å². The smallest absolute Gasteiger partial charge is 0.264 e. The zero-order chi connectivity index (χ0) is 22.8. The maximum atomic E-state index is 13.1. The van der Waals surface area contributed by atoms with Crippen molar-refractivity contribution < 1.29 is 23.1 Å². The first-order valence-electron chi connectivity index (χ1n) is 10.6. The van der Waals surface area contributed by atoms with Crippen molar-refractivity contribution in [2.24, 2.45) is 5.92 Å². The average molecular weight is 450 g/mol. The van der Waals surface area contributed by atoms with Crippen molar-refractivity contribution in [2.75, 3.05) is 0 Å². The fourth-order valence-electron chi connectivity index (χ4n) is 4.18. The summed E-state index contributed by atoms with van der Waals surface area (Å²) in [5, 5.41) is 15.6. The molecule has 0 bridgehead atoms. The Balaban J connectivity index is 1.67. The van der Waals surface area contributed by atoms with E-state index in [4.69, 9.17) is 0 Å². The van der Waals surface area contributed by atoms with Crippen molar-refractivity contribution >= 4 is 21.8 Å². The molecule has 2 amide bonds. The highest BCUT2D eigenvalue weighted by Gasteiger charge is 2.38. The van der Waals surface area contributed by atoms with Crippen LogP contribution in [-0.2, 0) is 19.6 Å². The molecule has 1 saturated carbocycles. The Labute approximate surface area is 183 Å². The quantitative estimate of drug-likeness (QED) is 0.612. The van der Waals surface area contributed by atoms with E-state index in [1.54, 1.807) is 26.0 Å². The number of benzene rings is 1. The summed E-state index contributed by atoms with van der Waals surface area (Å²) >= 11 is 0. The molecule has 1 aromatic rings. The molecule has 1 aliphatic heterocycles. The molecule has 2 aliphatic rings. The number of nitrogens with zero attached hydrogens (tertiary/aromatic N) is 1. The topological polar surface area (TPSA) is 116 Å². The average Bonchev–Trinajstić information content (AvgIpc) is 2.69. The van der Waals surface area contributed by atoms with Crippen molar-refractivity contribution in [1.82, 2.24) is 14.9 Å². The minimum absolute atomic E-state index is 0.0459. The molecular formula is C22H31N3O5S. The Hall–Kier alpha value is -2.39. The summed E-state index contributed by atoms with van der Waals surface area (Å²) in [5.41, 5.74) is 0.174. The van der Waals surface area contributed by atoms with E-state index in [-0.39, 0.29) is 29.2 Å². The van der Waals surface area contributed by atoms with E-state index in [2.05, 4.69) is 10.6 Å². The molecule has 3 rings (SSSR count). The van der Waals surface area contributed by atoms with Gasteiger partial charge in [-0.2, -0.15) is 0 Å². The van der Waals surface area contributed by atoms with Gasteiger partial charge in [-0.3, -0.25) is 13.9 Å². The molecule has 0 radical (unpaired) electrons. The van der Waals surface area contributed by atoms with Gasteiger partial charge in [0.15, 0.2) is 0 Å². The van der Waals surface area contributed by atoms with Crippen LogP contribution in [-0.4, -0.2) is 47.3 Å². The van der Waals surface area contributed by atoms with Gasteiger partial charge in [0.1, 0.15) is 6.04 Å². The van der Waals surface area contributed by atoms with E-state index in [1.807, 2.05) is 6.92 Å². The monoisotopic (exact) mass is 449 g/mol. The minimum Gasteiger partial charge on any atom is -0.390 e. The van der Waals surface area contributed by atoms with Gasteiger partial charge in [-0.15, -0.1) is 0 Å². The SMILES string of the molecule is Cc1ccc(S(=O)(=O)N2C=CNC(=O)[C@H]2CC(=O)NC2CCC(C(C)(C)O)CC2)cc1.